The van der Waals surface area contributed by atoms with Crippen molar-refractivity contribution in [1.82, 2.24) is 24.5 Å². The lowest BCUT2D eigenvalue weighted by Gasteiger charge is -2.27. The van der Waals surface area contributed by atoms with E-state index in [1.54, 1.807) is 4.90 Å². The fraction of sp³-hybridized carbons (Fsp3) is 0.438. The number of hydrogen-bond donors (Lipinski definition) is 2. The number of nitrogens with zero attached hydrogens (tertiary/aromatic N) is 5. The number of rotatable bonds is 5. The minimum absolute atomic E-state index is 0.0981. The number of aromatic carboxylic acids is 1. The Kier molecular flexibility index (Phi) is 5.21. The number of aryl methyl sites for hydroxylation is 2. The molecule has 1 saturated heterocycles. The van der Waals surface area contributed by atoms with Crippen LogP contribution < -0.4 is 5.32 Å². The molecule has 1 fully saturated rings. The fourth-order valence-electron chi connectivity index (χ4n) is 2.91. The second-order valence-corrected chi connectivity index (χ2v) is 5.92. The van der Waals surface area contributed by atoms with E-state index in [2.05, 4.69) is 15.5 Å². The summed E-state index contributed by atoms with van der Waals surface area (Å²) in [4.78, 5) is 38.5. The fourth-order valence-corrected chi connectivity index (χ4v) is 2.91. The maximum atomic E-state index is 12.9. The normalized spacial score (nSPS) is 14.2. The van der Waals surface area contributed by atoms with Gasteiger partial charge in [0, 0.05) is 26.7 Å². The topological polar surface area (TPSA) is 132 Å². The number of carboxylic acids is 1. The predicted molar refractivity (Wildman–Crippen MR) is 92.7 cm³/mol. The van der Waals surface area contributed by atoms with E-state index in [1.165, 1.54) is 24.1 Å². The Hall–Kier alpha value is -3.21. The van der Waals surface area contributed by atoms with Crippen LogP contribution in [0.5, 0.6) is 0 Å². The van der Waals surface area contributed by atoms with E-state index in [-0.39, 0.29) is 28.5 Å². The Morgan fingerprint density at radius 3 is 2.52 bits per heavy atom. The molecule has 2 aromatic rings. The van der Waals surface area contributed by atoms with E-state index in [4.69, 9.17) is 4.74 Å². The molecule has 0 saturated carbocycles. The van der Waals surface area contributed by atoms with E-state index >= 15 is 0 Å². The van der Waals surface area contributed by atoms with Gasteiger partial charge >= 0.3 is 5.97 Å². The quantitative estimate of drug-likeness (QED) is 0.754. The molecular weight excluding hydrogens is 356 g/mol. The summed E-state index contributed by atoms with van der Waals surface area (Å²) in [7, 11) is 1.43. The third-order valence-corrected chi connectivity index (χ3v) is 4.27. The van der Waals surface area contributed by atoms with E-state index in [0.717, 1.165) is 4.68 Å². The Labute approximate surface area is 154 Å². The van der Waals surface area contributed by atoms with Gasteiger partial charge in [-0.15, -0.1) is 0 Å². The number of hydrogen-bond acceptors (Lipinski definition) is 6. The molecule has 2 aromatic heterocycles. The summed E-state index contributed by atoms with van der Waals surface area (Å²) in [6, 6.07) is 0. The van der Waals surface area contributed by atoms with Crippen LogP contribution in [0.15, 0.2) is 12.4 Å². The van der Waals surface area contributed by atoms with Gasteiger partial charge < -0.3 is 20.1 Å². The van der Waals surface area contributed by atoms with Crippen LogP contribution in [0, 0.1) is 0 Å². The highest BCUT2D eigenvalue weighted by atomic mass is 16.5. The largest absolute Gasteiger partial charge is 0.477 e. The molecule has 11 heteroatoms. The van der Waals surface area contributed by atoms with Crippen LogP contribution >= 0.6 is 0 Å². The van der Waals surface area contributed by atoms with Gasteiger partial charge in [0.25, 0.3) is 11.8 Å². The Bertz CT molecular complexity index is 880. The van der Waals surface area contributed by atoms with Gasteiger partial charge in [0.2, 0.25) is 0 Å². The first-order valence-electron chi connectivity index (χ1n) is 8.43. The second-order valence-electron chi connectivity index (χ2n) is 5.92. The molecular formula is C16H20N6O5. The lowest BCUT2D eigenvalue weighted by Crippen LogP contribution is -2.41. The molecule has 0 radical (unpaired) electrons. The van der Waals surface area contributed by atoms with Crippen LogP contribution in [0.1, 0.15) is 38.3 Å². The van der Waals surface area contributed by atoms with Crippen LogP contribution in [-0.2, 0) is 18.3 Å². The molecule has 27 heavy (non-hydrogen) atoms. The number of anilines is 1. The van der Waals surface area contributed by atoms with Crippen molar-refractivity contribution in [3.63, 3.8) is 0 Å². The average molecular weight is 376 g/mol. The predicted octanol–water partition coefficient (Wildman–Crippen LogP) is 0.0594. The number of nitrogens with one attached hydrogen (secondary N) is 1. The number of carbonyl (C=O) groups is 3. The zero-order valence-corrected chi connectivity index (χ0v) is 15.0. The maximum absolute atomic E-state index is 12.9. The highest BCUT2D eigenvalue weighted by Crippen LogP contribution is 2.20. The lowest BCUT2D eigenvalue weighted by molar-refractivity contribution is 0.0295. The maximum Gasteiger partial charge on any atom is 0.354 e. The highest BCUT2D eigenvalue weighted by molar-refractivity contribution is 6.12. The summed E-state index contributed by atoms with van der Waals surface area (Å²) in [5.74, 6) is -2.21. The minimum Gasteiger partial charge on any atom is -0.477 e. The molecule has 0 unspecified atom stereocenters. The molecule has 0 bridgehead atoms. The van der Waals surface area contributed by atoms with Gasteiger partial charge in [-0.25, -0.2) is 4.79 Å². The van der Waals surface area contributed by atoms with Crippen molar-refractivity contribution >= 4 is 23.5 Å². The monoisotopic (exact) mass is 376 g/mol. The second kappa shape index (κ2) is 7.58. The third-order valence-electron chi connectivity index (χ3n) is 4.27. The van der Waals surface area contributed by atoms with Gasteiger partial charge in [-0.2, -0.15) is 10.2 Å². The average Bonchev–Trinajstić information content (AvgIpc) is 3.25. The Balaban J connectivity index is 1.89. The Morgan fingerprint density at radius 1 is 1.19 bits per heavy atom. The van der Waals surface area contributed by atoms with Crippen molar-refractivity contribution in [2.24, 2.45) is 7.05 Å². The van der Waals surface area contributed by atoms with Crippen LogP contribution in [0.3, 0.4) is 0 Å². The number of ether oxygens (including phenoxy) is 1. The summed E-state index contributed by atoms with van der Waals surface area (Å²) < 4.78 is 7.86. The molecule has 2 N–H and O–H groups in total. The molecule has 0 spiro atoms. The van der Waals surface area contributed by atoms with Crippen molar-refractivity contribution in [2.45, 2.75) is 13.5 Å². The van der Waals surface area contributed by atoms with Gasteiger partial charge in [0.15, 0.2) is 5.69 Å². The number of morpholine rings is 1. The lowest BCUT2D eigenvalue weighted by atomic mass is 10.2. The highest BCUT2D eigenvalue weighted by Gasteiger charge is 2.28. The molecule has 144 valence electrons. The first-order chi connectivity index (χ1) is 12.9. The number of aromatic nitrogens is 4. The van der Waals surface area contributed by atoms with Crippen molar-refractivity contribution in [1.29, 1.82) is 0 Å². The molecule has 3 rings (SSSR count). The summed E-state index contributed by atoms with van der Waals surface area (Å²) in [6.07, 6.45) is 2.55. The van der Waals surface area contributed by atoms with E-state index in [9.17, 15) is 19.5 Å². The van der Waals surface area contributed by atoms with E-state index in [1.807, 2.05) is 6.92 Å². The molecule has 1 aliphatic rings. The van der Waals surface area contributed by atoms with E-state index < -0.39 is 11.9 Å². The first kappa shape index (κ1) is 18.6. The molecule has 0 aromatic carbocycles. The van der Waals surface area contributed by atoms with Crippen molar-refractivity contribution in [3.8, 4) is 0 Å². The standard InChI is InChI=1S/C16H20N6O5/c1-3-22-13(15(24)21-4-6-27-7-5-21)11(9-18-22)19-14(23)10-8-17-20(2)12(10)16(25)26/h8-9H,3-7H2,1-2H3,(H,19,23)(H,25,26). The number of amides is 2. The Morgan fingerprint density at radius 2 is 1.89 bits per heavy atom. The van der Waals surface area contributed by atoms with Crippen molar-refractivity contribution < 1.29 is 24.2 Å². The van der Waals surface area contributed by atoms with Gasteiger partial charge in [0.1, 0.15) is 5.69 Å². The smallest absolute Gasteiger partial charge is 0.354 e. The van der Waals surface area contributed by atoms with Gasteiger partial charge in [-0.05, 0) is 6.92 Å². The number of carboxylic acid groups (broad SMARTS) is 1. The summed E-state index contributed by atoms with van der Waals surface area (Å²) in [6.45, 7) is 4.07. The molecule has 2 amide bonds. The van der Waals surface area contributed by atoms with Crippen LogP contribution in [-0.4, -0.2) is 73.7 Å². The molecule has 3 heterocycles. The van der Waals surface area contributed by atoms with Crippen molar-refractivity contribution in [3.05, 3.63) is 29.3 Å². The van der Waals surface area contributed by atoms with Crippen LogP contribution in [0.25, 0.3) is 0 Å². The number of carbonyl (C=O) groups excluding carboxylic acids is 2. The summed E-state index contributed by atoms with van der Waals surface area (Å²) in [5, 5.41) is 19.8. The van der Waals surface area contributed by atoms with E-state index in [0.29, 0.717) is 32.8 Å². The minimum atomic E-state index is -1.27. The van der Waals surface area contributed by atoms with Crippen LogP contribution in [0.2, 0.25) is 0 Å². The zero-order valence-electron chi connectivity index (χ0n) is 15.0. The van der Waals surface area contributed by atoms with Gasteiger partial charge in [0.05, 0.1) is 36.9 Å². The SMILES string of the molecule is CCn1ncc(NC(=O)c2cnn(C)c2C(=O)O)c1C(=O)N1CCOCC1. The molecule has 11 nitrogen and oxygen atoms in total. The summed E-state index contributed by atoms with van der Waals surface area (Å²) in [5.41, 5.74) is 0.127. The van der Waals surface area contributed by atoms with Crippen LogP contribution in [0.4, 0.5) is 5.69 Å². The molecule has 0 atom stereocenters. The summed E-state index contributed by atoms with van der Waals surface area (Å²) >= 11 is 0. The molecule has 0 aliphatic carbocycles. The first-order valence-corrected chi connectivity index (χ1v) is 8.43. The van der Waals surface area contributed by atoms with Crippen molar-refractivity contribution in [2.75, 3.05) is 31.6 Å². The van der Waals surface area contributed by atoms with Gasteiger partial charge in [-0.1, -0.05) is 0 Å². The molecule has 1 aliphatic heterocycles. The van der Waals surface area contributed by atoms with Gasteiger partial charge in [-0.3, -0.25) is 19.0 Å². The zero-order chi connectivity index (χ0) is 19.6. The third kappa shape index (κ3) is 3.53.